The zero-order valence-corrected chi connectivity index (χ0v) is 12.2. The fourth-order valence-corrected chi connectivity index (χ4v) is 3.11. The van der Waals surface area contributed by atoms with E-state index in [2.05, 4.69) is 0 Å². The lowest BCUT2D eigenvalue weighted by atomic mass is 9.92. The van der Waals surface area contributed by atoms with E-state index in [4.69, 9.17) is 9.84 Å². The van der Waals surface area contributed by atoms with Gasteiger partial charge in [0.2, 0.25) is 0 Å². The van der Waals surface area contributed by atoms with Gasteiger partial charge in [-0.25, -0.2) is 4.79 Å². The Morgan fingerprint density at radius 2 is 1.90 bits per heavy atom. The maximum Gasteiger partial charge on any atom is 0.320 e. The topological polar surface area (TPSA) is 70.1 Å². The average Bonchev–Trinajstić information content (AvgIpc) is 2.46. The second-order valence-electron chi connectivity index (χ2n) is 5.84. The largest absolute Gasteiger partial charge is 0.481 e. The van der Waals surface area contributed by atoms with Crippen LogP contribution in [0, 0.1) is 5.92 Å². The smallest absolute Gasteiger partial charge is 0.320 e. The number of hydrogen-bond acceptors (Lipinski definition) is 3. The molecule has 114 valence electrons. The van der Waals surface area contributed by atoms with Gasteiger partial charge >= 0.3 is 12.0 Å². The summed E-state index contributed by atoms with van der Waals surface area (Å²) >= 11 is 0. The molecule has 2 aliphatic rings. The lowest BCUT2D eigenvalue weighted by Gasteiger charge is -2.41. The minimum absolute atomic E-state index is 0.0142. The number of amides is 2. The Labute approximate surface area is 119 Å². The van der Waals surface area contributed by atoms with Crippen LogP contribution in [-0.2, 0) is 9.53 Å². The van der Waals surface area contributed by atoms with E-state index in [9.17, 15) is 9.59 Å². The van der Waals surface area contributed by atoms with Crippen molar-refractivity contribution in [2.45, 2.75) is 44.7 Å². The number of likely N-dealkylation sites (tertiary alicyclic amines) is 1. The van der Waals surface area contributed by atoms with Crippen molar-refractivity contribution in [3.63, 3.8) is 0 Å². The molecule has 0 aliphatic carbocycles. The lowest BCUT2D eigenvalue weighted by molar-refractivity contribution is -0.143. The van der Waals surface area contributed by atoms with Crippen molar-refractivity contribution < 1.29 is 19.4 Å². The van der Waals surface area contributed by atoms with Crippen molar-refractivity contribution in [1.82, 2.24) is 9.80 Å². The maximum absolute atomic E-state index is 12.5. The maximum atomic E-state index is 12.5. The van der Waals surface area contributed by atoms with Crippen LogP contribution in [0.5, 0.6) is 0 Å². The molecular formula is C14H24N2O4. The van der Waals surface area contributed by atoms with E-state index in [-0.39, 0.29) is 24.0 Å². The van der Waals surface area contributed by atoms with Gasteiger partial charge in [0, 0.05) is 38.9 Å². The predicted octanol–water partition coefficient (Wildman–Crippen LogP) is 1.40. The predicted molar refractivity (Wildman–Crippen MR) is 73.5 cm³/mol. The molecule has 0 aromatic rings. The van der Waals surface area contributed by atoms with Crippen LogP contribution in [-0.4, -0.2) is 65.8 Å². The van der Waals surface area contributed by atoms with Gasteiger partial charge < -0.3 is 19.6 Å². The highest BCUT2D eigenvalue weighted by atomic mass is 16.5. The number of carboxylic acid groups (broad SMARTS) is 1. The Morgan fingerprint density at radius 3 is 2.45 bits per heavy atom. The fraction of sp³-hybridized carbons (Fsp3) is 0.857. The molecule has 2 heterocycles. The van der Waals surface area contributed by atoms with Crippen LogP contribution < -0.4 is 0 Å². The van der Waals surface area contributed by atoms with Crippen LogP contribution in [0.1, 0.15) is 32.6 Å². The van der Waals surface area contributed by atoms with Crippen molar-refractivity contribution in [2.75, 3.05) is 26.8 Å². The molecule has 6 heteroatoms. The number of carbonyl (C=O) groups excluding carboxylic acids is 1. The van der Waals surface area contributed by atoms with Crippen LogP contribution in [0.4, 0.5) is 4.79 Å². The molecule has 2 rings (SSSR count). The molecule has 0 bridgehead atoms. The summed E-state index contributed by atoms with van der Waals surface area (Å²) in [5, 5.41) is 9.07. The Bertz CT molecular complexity index is 368. The van der Waals surface area contributed by atoms with Gasteiger partial charge in [0.25, 0.3) is 0 Å². The summed E-state index contributed by atoms with van der Waals surface area (Å²) in [6, 6.07) is 0.244. The Morgan fingerprint density at radius 1 is 1.25 bits per heavy atom. The molecule has 0 spiro atoms. The number of hydrogen-bond donors (Lipinski definition) is 1. The minimum Gasteiger partial charge on any atom is -0.481 e. The van der Waals surface area contributed by atoms with Crippen LogP contribution in [0.3, 0.4) is 0 Å². The van der Waals surface area contributed by atoms with E-state index in [0.29, 0.717) is 32.6 Å². The van der Waals surface area contributed by atoms with E-state index < -0.39 is 5.97 Å². The highest BCUT2D eigenvalue weighted by Gasteiger charge is 2.35. The van der Waals surface area contributed by atoms with Crippen molar-refractivity contribution in [1.29, 1.82) is 0 Å². The third kappa shape index (κ3) is 3.23. The van der Waals surface area contributed by atoms with Crippen molar-refractivity contribution in [3.8, 4) is 0 Å². The summed E-state index contributed by atoms with van der Waals surface area (Å²) in [4.78, 5) is 27.2. The zero-order chi connectivity index (χ0) is 14.7. The summed E-state index contributed by atoms with van der Waals surface area (Å²) in [5.74, 6) is -1.07. The number of aliphatic carboxylic acids is 1. The molecule has 0 aromatic carbocycles. The van der Waals surface area contributed by atoms with Crippen LogP contribution in [0.25, 0.3) is 0 Å². The number of carbonyl (C=O) groups is 2. The summed E-state index contributed by atoms with van der Waals surface area (Å²) in [7, 11) is 1.84. The van der Waals surface area contributed by atoms with E-state index in [1.807, 2.05) is 18.9 Å². The molecule has 2 atom stereocenters. The number of nitrogens with zero attached hydrogens (tertiary/aromatic N) is 2. The van der Waals surface area contributed by atoms with Gasteiger partial charge in [-0.2, -0.15) is 0 Å². The first-order valence-electron chi connectivity index (χ1n) is 7.34. The lowest BCUT2D eigenvalue weighted by Crippen LogP contribution is -2.53. The number of carboxylic acids is 1. The first-order valence-corrected chi connectivity index (χ1v) is 7.34. The Hall–Kier alpha value is -1.30. The second-order valence-corrected chi connectivity index (χ2v) is 5.84. The SMILES string of the molecule is CC1CC(C(=O)O)CCN1C(=O)N(C)C1CCOCC1. The highest BCUT2D eigenvalue weighted by molar-refractivity contribution is 5.76. The Kier molecular flexibility index (Phi) is 4.86. The minimum atomic E-state index is -0.748. The highest BCUT2D eigenvalue weighted by Crippen LogP contribution is 2.25. The van der Waals surface area contributed by atoms with Gasteiger partial charge in [0.05, 0.1) is 5.92 Å². The summed E-state index contributed by atoms with van der Waals surface area (Å²) in [6.07, 6.45) is 2.85. The first-order chi connectivity index (χ1) is 9.50. The molecule has 2 amide bonds. The summed E-state index contributed by atoms with van der Waals surface area (Å²) < 4.78 is 5.32. The van der Waals surface area contributed by atoms with E-state index in [0.717, 1.165) is 12.8 Å². The molecule has 1 N–H and O–H groups in total. The van der Waals surface area contributed by atoms with Crippen molar-refractivity contribution in [3.05, 3.63) is 0 Å². The van der Waals surface area contributed by atoms with Gasteiger partial charge in [0.15, 0.2) is 0 Å². The summed E-state index contributed by atoms with van der Waals surface area (Å²) in [5.41, 5.74) is 0. The third-order valence-electron chi connectivity index (χ3n) is 4.51. The molecular weight excluding hydrogens is 260 g/mol. The van der Waals surface area contributed by atoms with Gasteiger partial charge in [-0.15, -0.1) is 0 Å². The van der Waals surface area contributed by atoms with Gasteiger partial charge in [-0.1, -0.05) is 0 Å². The molecule has 20 heavy (non-hydrogen) atoms. The molecule has 2 unspecified atom stereocenters. The Balaban J connectivity index is 1.93. The van der Waals surface area contributed by atoms with E-state index >= 15 is 0 Å². The third-order valence-corrected chi connectivity index (χ3v) is 4.51. The van der Waals surface area contributed by atoms with Crippen molar-refractivity contribution >= 4 is 12.0 Å². The van der Waals surface area contributed by atoms with Crippen molar-refractivity contribution in [2.24, 2.45) is 5.92 Å². The second kappa shape index (κ2) is 6.43. The number of piperidine rings is 1. The van der Waals surface area contributed by atoms with E-state index in [1.54, 1.807) is 4.90 Å². The molecule has 0 aromatic heterocycles. The number of rotatable bonds is 2. The van der Waals surface area contributed by atoms with Gasteiger partial charge in [-0.05, 0) is 32.6 Å². The summed E-state index contributed by atoms with van der Waals surface area (Å²) in [6.45, 7) is 3.88. The molecule has 0 saturated carbocycles. The zero-order valence-electron chi connectivity index (χ0n) is 12.2. The van der Waals surface area contributed by atoms with Crippen LogP contribution in [0.15, 0.2) is 0 Å². The molecule has 2 fully saturated rings. The standard InChI is InChI=1S/C14H24N2O4/c1-10-9-11(13(17)18)3-6-16(10)14(19)15(2)12-4-7-20-8-5-12/h10-12H,3-9H2,1-2H3,(H,17,18). The molecule has 6 nitrogen and oxygen atoms in total. The number of urea groups is 1. The fourth-order valence-electron chi connectivity index (χ4n) is 3.11. The molecule has 2 aliphatic heterocycles. The van der Waals surface area contributed by atoms with Crippen LogP contribution in [0.2, 0.25) is 0 Å². The monoisotopic (exact) mass is 284 g/mol. The van der Waals surface area contributed by atoms with Gasteiger partial charge in [-0.3, -0.25) is 4.79 Å². The first kappa shape index (κ1) is 15.1. The van der Waals surface area contributed by atoms with E-state index in [1.165, 1.54) is 0 Å². The average molecular weight is 284 g/mol. The normalized spacial score (nSPS) is 28.2. The van der Waals surface area contributed by atoms with Gasteiger partial charge in [0.1, 0.15) is 0 Å². The number of ether oxygens (including phenoxy) is 1. The molecule has 2 saturated heterocycles. The molecule has 0 radical (unpaired) electrons. The quantitative estimate of drug-likeness (QED) is 0.832. The van der Waals surface area contributed by atoms with Crippen LogP contribution >= 0.6 is 0 Å².